The van der Waals surface area contributed by atoms with Gasteiger partial charge in [-0.1, -0.05) is 54.6 Å². The van der Waals surface area contributed by atoms with Crippen LogP contribution in [0.5, 0.6) is 0 Å². The number of benzene rings is 2. The average Bonchev–Trinajstić information content (AvgIpc) is 2.88. The predicted molar refractivity (Wildman–Crippen MR) is 129 cm³/mol. The summed E-state index contributed by atoms with van der Waals surface area (Å²) in [6.07, 6.45) is 3.32. The minimum atomic E-state index is -0.589. The largest absolute Gasteiger partial charge is 0.467 e. The van der Waals surface area contributed by atoms with Gasteiger partial charge in [-0.15, -0.1) is 0 Å². The fourth-order valence-electron chi connectivity index (χ4n) is 4.85. The van der Waals surface area contributed by atoms with Gasteiger partial charge in [0.1, 0.15) is 6.04 Å². The highest BCUT2D eigenvalue weighted by atomic mass is 16.5. The normalized spacial score (nSPS) is 18.7. The molecule has 7 nitrogen and oxygen atoms in total. The number of nitrogens with one attached hydrogen (secondary N) is 1. The van der Waals surface area contributed by atoms with E-state index in [4.69, 9.17) is 4.74 Å². The number of ether oxygens (including phenoxy) is 1. The smallest absolute Gasteiger partial charge is 0.328 e. The van der Waals surface area contributed by atoms with Crippen LogP contribution >= 0.6 is 0 Å². The molecule has 0 bridgehead atoms. The van der Waals surface area contributed by atoms with E-state index in [-0.39, 0.29) is 30.4 Å². The molecule has 0 saturated carbocycles. The third-order valence-electron chi connectivity index (χ3n) is 6.84. The molecule has 2 heterocycles. The van der Waals surface area contributed by atoms with Crippen LogP contribution in [0.1, 0.15) is 36.0 Å². The number of likely N-dealkylation sites (tertiary alicyclic amines) is 1. The molecule has 34 heavy (non-hydrogen) atoms. The lowest BCUT2D eigenvalue weighted by molar-refractivity contribution is -0.154. The Morgan fingerprint density at radius 1 is 0.971 bits per heavy atom. The second-order valence-corrected chi connectivity index (χ2v) is 9.14. The lowest BCUT2D eigenvalue weighted by Gasteiger charge is -2.38. The number of aryl methyl sites for hydroxylation is 1. The number of hydrogen-bond donors (Lipinski definition) is 1. The molecule has 1 atom stereocenters. The Bertz CT molecular complexity index is 1000. The van der Waals surface area contributed by atoms with Gasteiger partial charge in [-0.05, 0) is 36.0 Å². The summed E-state index contributed by atoms with van der Waals surface area (Å²) in [5, 5.41) is 3.14. The van der Waals surface area contributed by atoms with E-state index in [0.717, 1.165) is 49.0 Å². The van der Waals surface area contributed by atoms with Crippen LogP contribution in [0.2, 0.25) is 0 Å². The molecule has 1 N–H and O–H groups in total. The molecular weight excluding hydrogens is 430 g/mol. The van der Waals surface area contributed by atoms with Crippen molar-refractivity contribution in [3.63, 3.8) is 0 Å². The Kier molecular flexibility index (Phi) is 7.95. The van der Waals surface area contributed by atoms with Crippen LogP contribution < -0.4 is 5.32 Å². The van der Waals surface area contributed by atoms with E-state index in [1.165, 1.54) is 7.11 Å². The first-order valence-electron chi connectivity index (χ1n) is 12.0. The maximum atomic E-state index is 13.2. The van der Waals surface area contributed by atoms with Crippen LogP contribution in [0.15, 0.2) is 54.6 Å². The average molecular weight is 464 g/mol. The van der Waals surface area contributed by atoms with Crippen LogP contribution in [-0.2, 0) is 38.5 Å². The van der Waals surface area contributed by atoms with E-state index < -0.39 is 6.04 Å². The van der Waals surface area contributed by atoms with Gasteiger partial charge in [0.25, 0.3) is 0 Å². The number of rotatable bonds is 7. The quantitative estimate of drug-likeness (QED) is 0.638. The zero-order chi connectivity index (χ0) is 23.9. The molecule has 0 radical (unpaired) electrons. The summed E-state index contributed by atoms with van der Waals surface area (Å²) in [6.45, 7) is 2.17. The summed E-state index contributed by atoms with van der Waals surface area (Å²) in [6, 6.07) is 17.5. The van der Waals surface area contributed by atoms with E-state index in [9.17, 15) is 14.4 Å². The van der Waals surface area contributed by atoms with E-state index in [1.807, 2.05) is 54.6 Å². The molecule has 1 unspecified atom stereocenters. The molecule has 2 aliphatic rings. The Labute approximate surface area is 201 Å². The zero-order valence-corrected chi connectivity index (χ0v) is 19.7. The minimum Gasteiger partial charge on any atom is -0.467 e. The fourth-order valence-corrected chi connectivity index (χ4v) is 4.85. The van der Waals surface area contributed by atoms with Crippen molar-refractivity contribution >= 4 is 17.8 Å². The van der Waals surface area contributed by atoms with Crippen molar-refractivity contribution in [2.75, 3.05) is 26.7 Å². The number of piperidine rings is 1. The number of methoxy groups -OCH3 is 1. The number of nitrogens with zero attached hydrogens (tertiary/aromatic N) is 2. The zero-order valence-electron chi connectivity index (χ0n) is 19.7. The molecule has 2 amide bonds. The summed E-state index contributed by atoms with van der Waals surface area (Å²) in [7, 11) is 1.37. The molecule has 4 rings (SSSR count). The molecule has 0 aromatic heterocycles. The lowest BCUT2D eigenvalue weighted by atomic mass is 9.93. The molecule has 1 saturated heterocycles. The van der Waals surface area contributed by atoms with Crippen molar-refractivity contribution in [3.8, 4) is 0 Å². The number of fused-ring (bicyclic) bond motifs is 1. The second-order valence-electron chi connectivity index (χ2n) is 9.14. The van der Waals surface area contributed by atoms with E-state index in [2.05, 4.69) is 10.2 Å². The summed E-state index contributed by atoms with van der Waals surface area (Å²) in [4.78, 5) is 41.7. The van der Waals surface area contributed by atoms with Crippen molar-refractivity contribution in [3.05, 3.63) is 71.3 Å². The number of hydrogen-bond acceptors (Lipinski definition) is 5. The number of carbonyl (C=O) groups is 3. The first kappa shape index (κ1) is 24.0. The van der Waals surface area contributed by atoms with Gasteiger partial charge in [0, 0.05) is 38.5 Å². The van der Waals surface area contributed by atoms with Crippen molar-refractivity contribution in [2.24, 2.45) is 0 Å². The molecule has 7 heteroatoms. The van der Waals surface area contributed by atoms with Gasteiger partial charge >= 0.3 is 5.97 Å². The van der Waals surface area contributed by atoms with E-state index >= 15 is 0 Å². The van der Waals surface area contributed by atoms with Crippen molar-refractivity contribution in [1.82, 2.24) is 15.1 Å². The maximum Gasteiger partial charge on any atom is 0.328 e. The summed E-state index contributed by atoms with van der Waals surface area (Å²) < 4.78 is 4.99. The minimum absolute atomic E-state index is 0.0600. The first-order chi connectivity index (χ1) is 16.5. The van der Waals surface area contributed by atoms with E-state index in [0.29, 0.717) is 19.4 Å². The molecule has 2 aromatic rings. The van der Waals surface area contributed by atoms with Gasteiger partial charge in [0.05, 0.1) is 13.7 Å². The topological polar surface area (TPSA) is 79.0 Å². The third-order valence-corrected chi connectivity index (χ3v) is 6.84. The van der Waals surface area contributed by atoms with Crippen LogP contribution in [0, 0.1) is 0 Å². The Hall–Kier alpha value is -3.19. The molecule has 2 aromatic carbocycles. The standard InChI is InChI=1S/C27H33N3O4/c1-34-27(33)24-17-21-9-5-6-10-22(21)18-30(24)26(32)19-29-15-13-23(14-16-29)28-25(31)12-11-20-7-3-2-4-8-20/h2-10,23-24H,11-19H2,1H3,(H,28,31). The van der Waals surface area contributed by atoms with Crippen molar-refractivity contribution in [1.29, 1.82) is 0 Å². The third kappa shape index (κ3) is 6.03. The Morgan fingerprint density at radius 2 is 1.65 bits per heavy atom. The summed E-state index contributed by atoms with van der Waals surface area (Å²) >= 11 is 0. The highest BCUT2D eigenvalue weighted by Crippen LogP contribution is 2.24. The van der Waals surface area contributed by atoms with Crippen LogP contribution in [0.25, 0.3) is 0 Å². The summed E-state index contributed by atoms with van der Waals surface area (Å²) in [5.74, 6) is -0.360. The lowest BCUT2D eigenvalue weighted by Crippen LogP contribution is -2.53. The highest BCUT2D eigenvalue weighted by molar-refractivity contribution is 5.86. The Morgan fingerprint density at radius 3 is 2.35 bits per heavy atom. The van der Waals surface area contributed by atoms with Crippen LogP contribution in [0.3, 0.4) is 0 Å². The fraction of sp³-hybridized carbons (Fsp3) is 0.444. The SMILES string of the molecule is COC(=O)C1Cc2ccccc2CN1C(=O)CN1CCC(NC(=O)CCc2ccccc2)CC1. The van der Waals surface area contributed by atoms with Gasteiger partial charge in [0.2, 0.25) is 11.8 Å². The maximum absolute atomic E-state index is 13.2. The van der Waals surface area contributed by atoms with Crippen LogP contribution in [0.4, 0.5) is 0 Å². The van der Waals surface area contributed by atoms with Crippen molar-refractivity contribution < 1.29 is 19.1 Å². The molecule has 2 aliphatic heterocycles. The second kappa shape index (κ2) is 11.3. The van der Waals surface area contributed by atoms with E-state index in [1.54, 1.807) is 4.90 Å². The summed E-state index contributed by atoms with van der Waals surface area (Å²) in [5.41, 5.74) is 3.33. The van der Waals surface area contributed by atoms with Gasteiger partial charge in [-0.3, -0.25) is 14.5 Å². The van der Waals surface area contributed by atoms with Gasteiger partial charge in [-0.2, -0.15) is 0 Å². The van der Waals surface area contributed by atoms with Crippen molar-refractivity contribution in [2.45, 2.75) is 50.7 Å². The predicted octanol–water partition coefficient (Wildman–Crippen LogP) is 2.33. The number of carbonyl (C=O) groups excluding carboxylic acids is 3. The molecular formula is C27H33N3O4. The highest BCUT2D eigenvalue weighted by Gasteiger charge is 2.36. The molecule has 0 aliphatic carbocycles. The number of amides is 2. The number of esters is 1. The van der Waals surface area contributed by atoms with Gasteiger partial charge < -0.3 is 15.0 Å². The molecule has 180 valence electrons. The van der Waals surface area contributed by atoms with Gasteiger partial charge in [-0.25, -0.2) is 4.79 Å². The molecule has 0 spiro atoms. The van der Waals surface area contributed by atoms with Gasteiger partial charge in [0.15, 0.2) is 0 Å². The van der Waals surface area contributed by atoms with Crippen LogP contribution in [-0.4, -0.2) is 66.4 Å². The first-order valence-corrected chi connectivity index (χ1v) is 12.0. The Balaban J connectivity index is 1.25. The molecule has 1 fully saturated rings. The monoisotopic (exact) mass is 463 g/mol.